The SMILES string of the molecule is CCc1ccc2ncc(Cl)cc2n1. The fourth-order valence-corrected chi connectivity index (χ4v) is 1.37. The Morgan fingerprint density at radius 1 is 1.31 bits per heavy atom. The average molecular weight is 193 g/mol. The quantitative estimate of drug-likeness (QED) is 0.695. The highest BCUT2D eigenvalue weighted by atomic mass is 35.5. The topological polar surface area (TPSA) is 25.8 Å². The Kier molecular flexibility index (Phi) is 2.15. The molecule has 0 bridgehead atoms. The zero-order chi connectivity index (χ0) is 9.26. The standard InChI is InChI=1S/C10H9ClN2/c1-2-8-3-4-9-10(13-8)5-7(11)6-12-9/h3-6H,2H2,1H3. The van der Waals surface area contributed by atoms with Gasteiger partial charge in [0.05, 0.1) is 16.1 Å². The van der Waals surface area contributed by atoms with E-state index in [2.05, 4.69) is 16.9 Å². The molecule has 2 rings (SSSR count). The molecule has 0 fully saturated rings. The van der Waals surface area contributed by atoms with Gasteiger partial charge in [0.15, 0.2) is 0 Å². The Bertz CT molecular complexity index is 440. The zero-order valence-electron chi connectivity index (χ0n) is 7.29. The monoisotopic (exact) mass is 192 g/mol. The van der Waals surface area contributed by atoms with Crippen molar-refractivity contribution in [2.75, 3.05) is 0 Å². The highest BCUT2D eigenvalue weighted by Gasteiger charge is 1.98. The summed E-state index contributed by atoms with van der Waals surface area (Å²) in [6.07, 6.45) is 2.57. The largest absolute Gasteiger partial charge is 0.253 e. The van der Waals surface area contributed by atoms with Gasteiger partial charge in [-0.05, 0) is 24.6 Å². The number of hydrogen-bond donors (Lipinski definition) is 0. The first kappa shape index (κ1) is 8.45. The smallest absolute Gasteiger partial charge is 0.0904 e. The maximum atomic E-state index is 5.81. The molecule has 0 N–H and O–H groups in total. The summed E-state index contributed by atoms with van der Waals surface area (Å²) in [5, 5.41) is 0.633. The molecule has 0 aromatic carbocycles. The van der Waals surface area contributed by atoms with Crippen LogP contribution >= 0.6 is 11.6 Å². The van der Waals surface area contributed by atoms with Crippen LogP contribution < -0.4 is 0 Å². The van der Waals surface area contributed by atoms with Gasteiger partial charge in [-0.3, -0.25) is 9.97 Å². The summed E-state index contributed by atoms with van der Waals surface area (Å²) in [6.45, 7) is 2.08. The van der Waals surface area contributed by atoms with Crippen LogP contribution in [0.15, 0.2) is 24.4 Å². The Balaban J connectivity index is 2.68. The molecular formula is C10H9ClN2. The van der Waals surface area contributed by atoms with E-state index in [1.165, 1.54) is 0 Å². The average Bonchev–Trinajstić information content (AvgIpc) is 2.16. The first-order chi connectivity index (χ1) is 6.29. The van der Waals surface area contributed by atoms with Crippen LogP contribution in [0.2, 0.25) is 5.02 Å². The summed E-state index contributed by atoms with van der Waals surface area (Å²) in [6, 6.07) is 5.80. The third-order valence-corrected chi connectivity index (χ3v) is 2.13. The molecule has 0 atom stereocenters. The van der Waals surface area contributed by atoms with Crippen LogP contribution in [0, 0.1) is 0 Å². The second kappa shape index (κ2) is 3.30. The molecule has 0 unspecified atom stereocenters. The molecule has 3 heteroatoms. The third-order valence-electron chi connectivity index (χ3n) is 1.92. The lowest BCUT2D eigenvalue weighted by molar-refractivity contribution is 1.05. The van der Waals surface area contributed by atoms with Gasteiger partial charge in [0.1, 0.15) is 0 Å². The molecule has 66 valence electrons. The van der Waals surface area contributed by atoms with Crippen LogP contribution in [-0.4, -0.2) is 9.97 Å². The van der Waals surface area contributed by atoms with Crippen LogP contribution in [0.5, 0.6) is 0 Å². The van der Waals surface area contributed by atoms with E-state index in [9.17, 15) is 0 Å². The van der Waals surface area contributed by atoms with Gasteiger partial charge in [0.2, 0.25) is 0 Å². The summed E-state index contributed by atoms with van der Waals surface area (Å²) in [4.78, 5) is 8.57. The summed E-state index contributed by atoms with van der Waals surface area (Å²) in [5.74, 6) is 0. The number of fused-ring (bicyclic) bond motifs is 1. The Labute approximate surface area is 81.6 Å². The van der Waals surface area contributed by atoms with Crippen molar-refractivity contribution in [1.82, 2.24) is 9.97 Å². The lowest BCUT2D eigenvalue weighted by Crippen LogP contribution is -1.88. The van der Waals surface area contributed by atoms with Crippen molar-refractivity contribution in [1.29, 1.82) is 0 Å². The van der Waals surface area contributed by atoms with Crippen molar-refractivity contribution in [3.63, 3.8) is 0 Å². The molecule has 13 heavy (non-hydrogen) atoms. The van der Waals surface area contributed by atoms with Crippen LogP contribution in [0.4, 0.5) is 0 Å². The van der Waals surface area contributed by atoms with Gasteiger partial charge in [-0.25, -0.2) is 0 Å². The highest BCUT2D eigenvalue weighted by molar-refractivity contribution is 6.31. The minimum absolute atomic E-state index is 0.633. The Morgan fingerprint density at radius 3 is 2.92 bits per heavy atom. The lowest BCUT2D eigenvalue weighted by atomic mass is 10.2. The van der Waals surface area contributed by atoms with E-state index in [0.29, 0.717) is 5.02 Å². The predicted molar refractivity (Wildman–Crippen MR) is 53.9 cm³/mol. The lowest BCUT2D eigenvalue weighted by Gasteiger charge is -1.99. The molecule has 0 aliphatic rings. The van der Waals surface area contributed by atoms with Crippen molar-refractivity contribution in [2.45, 2.75) is 13.3 Å². The Morgan fingerprint density at radius 2 is 2.15 bits per heavy atom. The van der Waals surface area contributed by atoms with Crippen molar-refractivity contribution < 1.29 is 0 Å². The van der Waals surface area contributed by atoms with E-state index in [1.54, 1.807) is 6.20 Å². The summed E-state index contributed by atoms with van der Waals surface area (Å²) in [7, 11) is 0. The molecular weight excluding hydrogens is 184 g/mol. The van der Waals surface area contributed by atoms with Crippen LogP contribution in [-0.2, 0) is 6.42 Å². The van der Waals surface area contributed by atoms with Crippen molar-refractivity contribution in [2.24, 2.45) is 0 Å². The van der Waals surface area contributed by atoms with Crippen molar-refractivity contribution >= 4 is 22.6 Å². The first-order valence-corrected chi connectivity index (χ1v) is 4.58. The molecule has 0 aliphatic heterocycles. The predicted octanol–water partition coefficient (Wildman–Crippen LogP) is 2.85. The number of halogens is 1. The van der Waals surface area contributed by atoms with Gasteiger partial charge in [-0.1, -0.05) is 18.5 Å². The molecule has 0 saturated heterocycles. The molecule has 0 spiro atoms. The van der Waals surface area contributed by atoms with E-state index in [0.717, 1.165) is 23.1 Å². The molecule has 2 aromatic rings. The van der Waals surface area contributed by atoms with Crippen LogP contribution in [0.25, 0.3) is 11.0 Å². The van der Waals surface area contributed by atoms with Gasteiger partial charge in [0.25, 0.3) is 0 Å². The summed E-state index contributed by atoms with van der Waals surface area (Å²) in [5.41, 5.74) is 2.82. The Hall–Kier alpha value is -1.15. The number of nitrogens with zero attached hydrogens (tertiary/aromatic N) is 2. The summed E-state index contributed by atoms with van der Waals surface area (Å²) >= 11 is 5.81. The van der Waals surface area contributed by atoms with Gasteiger partial charge in [-0.2, -0.15) is 0 Å². The maximum Gasteiger partial charge on any atom is 0.0904 e. The minimum Gasteiger partial charge on any atom is -0.253 e. The van der Waals surface area contributed by atoms with Crippen molar-refractivity contribution in [3.8, 4) is 0 Å². The van der Waals surface area contributed by atoms with E-state index in [-0.39, 0.29) is 0 Å². The second-order valence-electron chi connectivity index (χ2n) is 2.85. The first-order valence-electron chi connectivity index (χ1n) is 4.21. The summed E-state index contributed by atoms with van der Waals surface area (Å²) < 4.78 is 0. The van der Waals surface area contributed by atoms with E-state index in [1.807, 2.05) is 18.2 Å². The van der Waals surface area contributed by atoms with Crippen LogP contribution in [0.1, 0.15) is 12.6 Å². The maximum absolute atomic E-state index is 5.81. The number of rotatable bonds is 1. The van der Waals surface area contributed by atoms with Crippen molar-refractivity contribution in [3.05, 3.63) is 35.1 Å². The molecule has 2 heterocycles. The molecule has 2 nitrogen and oxygen atoms in total. The highest BCUT2D eigenvalue weighted by Crippen LogP contribution is 2.15. The van der Waals surface area contributed by atoms with Gasteiger partial charge < -0.3 is 0 Å². The number of aromatic nitrogens is 2. The van der Waals surface area contributed by atoms with Gasteiger partial charge >= 0.3 is 0 Å². The number of aryl methyl sites for hydroxylation is 1. The third kappa shape index (κ3) is 1.63. The zero-order valence-corrected chi connectivity index (χ0v) is 8.04. The fraction of sp³-hybridized carbons (Fsp3) is 0.200. The molecule has 0 aliphatic carbocycles. The van der Waals surface area contributed by atoms with E-state index >= 15 is 0 Å². The van der Waals surface area contributed by atoms with E-state index < -0.39 is 0 Å². The number of hydrogen-bond acceptors (Lipinski definition) is 2. The number of pyridine rings is 2. The fourth-order valence-electron chi connectivity index (χ4n) is 1.22. The molecule has 0 amide bonds. The molecule has 2 aromatic heterocycles. The normalized spacial score (nSPS) is 10.6. The second-order valence-corrected chi connectivity index (χ2v) is 3.28. The van der Waals surface area contributed by atoms with E-state index in [4.69, 9.17) is 11.6 Å². The molecule has 0 radical (unpaired) electrons. The molecule has 0 saturated carbocycles. The van der Waals surface area contributed by atoms with Gasteiger partial charge in [0, 0.05) is 11.9 Å². The van der Waals surface area contributed by atoms with Gasteiger partial charge in [-0.15, -0.1) is 0 Å². The van der Waals surface area contributed by atoms with Crippen LogP contribution in [0.3, 0.4) is 0 Å². The minimum atomic E-state index is 0.633.